The van der Waals surface area contributed by atoms with E-state index in [0.29, 0.717) is 12.1 Å². The molecule has 0 amide bonds. The van der Waals surface area contributed by atoms with E-state index in [1.165, 1.54) is 0 Å². The predicted octanol–water partition coefficient (Wildman–Crippen LogP) is 2.88. The maximum atomic E-state index is 9.32. The summed E-state index contributed by atoms with van der Waals surface area (Å²) in [5, 5.41) is 21.3. The summed E-state index contributed by atoms with van der Waals surface area (Å²) in [4.78, 5) is 0. The summed E-state index contributed by atoms with van der Waals surface area (Å²) in [5.74, 6) is 0.259. The van der Waals surface area contributed by atoms with Crippen molar-refractivity contribution in [2.75, 3.05) is 5.32 Å². The van der Waals surface area contributed by atoms with Gasteiger partial charge in [0.15, 0.2) is 0 Å². The van der Waals surface area contributed by atoms with Crippen molar-refractivity contribution in [3.05, 3.63) is 59.7 Å². The molecule has 17 heavy (non-hydrogen) atoms. The van der Waals surface area contributed by atoms with E-state index in [-0.39, 0.29) is 5.75 Å². The van der Waals surface area contributed by atoms with Gasteiger partial charge >= 0.3 is 0 Å². The average molecular weight is 224 g/mol. The lowest BCUT2D eigenvalue weighted by atomic mass is 10.2. The fourth-order valence-electron chi connectivity index (χ4n) is 1.57. The van der Waals surface area contributed by atoms with E-state index in [1.807, 2.05) is 18.2 Å². The summed E-state index contributed by atoms with van der Waals surface area (Å²) >= 11 is 0. The smallest absolute Gasteiger partial charge is 0.115 e. The number of aromatic hydroxyl groups is 1. The number of hydrogen-bond donors (Lipinski definition) is 2. The van der Waals surface area contributed by atoms with E-state index in [1.54, 1.807) is 30.3 Å². The zero-order valence-electron chi connectivity index (χ0n) is 9.22. The summed E-state index contributed by atoms with van der Waals surface area (Å²) in [5.41, 5.74) is 2.52. The molecule has 0 radical (unpaired) electrons. The van der Waals surface area contributed by atoms with Crippen molar-refractivity contribution in [3.8, 4) is 11.8 Å². The normalized spacial score (nSPS) is 9.59. The van der Waals surface area contributed by atoms with E-state index < -0.39 is 0 Å². The summed E-state index contributed by atoms with van der Waals surface area (Å²) in [6.07, 6.45) is 0. The summed E-state index contributed by atoms with van der Waals surface area (Å²) in [6, 6.07) is 16.5. The van der Waals surface area contributed by atoms with Crippen LogP contribution in [-0.2, 0) is 6.54 Å². The highest BCUT2D eigenvalue weighted by molar-refractivity contribution is 5.49. The number of phenolic OH excluding ortho intramolecular Hbond substituents is 1. The number of rotatable bonds is 3. The van der Waals surface area contributed by atoms with E-state index in [9.17, 15) is 5.11 Å². The lowest BCUT2D eigenvalue weighted by molar-refractivity contribution is 0.474. The van der Waals surface area contributed by atoms with Crippen LogP contribution in [0.4, 0.5) is 5.69 Å². The number of benzene rings is 2. The molecule has 0 heterocycles. The molecule has 2 N–H and O–H groups in total. The average Bonchev–Trinajstić information content (AvgIpc) is 2.37. The fraction of sp³-hybridized carbons (Fsp3) is 0.0714. The van der Waals surface area contributed by atoms with Gasteiger partial charge in [-0.2, -0.15) is 5.26 Å². The van der Waals surface area contributed by atoms with Gasteiger partial charge in [0.05, 0.1) is 11.6 Å². The molecule has 0 atom stereocenters. The monoisotopic (exact) mass is 224 g/mol. The number of anilines is 1. The molecule has 2 aromatic rings. The second-order valence-corrected chi connectivity index (χ2v) is 3.72. The number of nitriles is 1. The maximum absolute atomic E-state index is 9.32. The Kier molecular flexibility index (Phi) is 3.27. The van der Waals surface area contributed by atoms with Gasteiger partial charge in [-0.25, -0.2) is 0 Å². The maximum Gasteiger partial charge on any atom is 0.115 e. The molecule has 3 heteroatoms. The van der Waals surface area contributed by atoms with Crippen molar-refractivity contribution in [2.45, 2.75) is 6.54 Å². The topological polar surface area (TPSA) is 56.0 Å². The number of nitrogens with zero attached hydrogens (tertiary/aromatic N) is 1. The molecule has 0 aromatic heterocycles. The molecule has 0 unspecified atom stereocenters. The molecule has 0 fully saturated rings. The molecule has 2 aromatic carbocycles. The Balaban J connectivity index is 2.05. The van der Waals surface area contributed by atoms with Crippen LogP contribution in [0.15, 0.2) is 48.5 Å². The highest BCUT2D eigenvalue weighted by Crippen LogP contribution is 2.14. The Morgan fingerprint density at radius 2 is 1.94 bits per heavy atom. The third-order valence-electron chi connectivity index (χ3n) is 2.40. The van der Waals surface area contributed by atoms with Crippen LogP contribution in [0.1, 0.15) is 11.1 Å². The summed E-state index contributed by atoms with van der Waals surface area (Å²) < 4.78 is 0. The quantitative estimate of drug-likeness (QED) is 0.842. The zero-order valence-corrected chi connectivity index (χ0v) is 9.22. The second-order valence-electron chi connectivity index (χ2n) is 3.72. The van der Waals surface area contributed by atoms with Gasteiger partial charge in [-0.3, -0.25) is 0 Å². The molecule has 0 aliphatic rings. The lowest BCUT2D eigenvalue weighted by Gasteiger charge is -2.06. The Hall–Kier alpha value is -2.47. The van der Waals surface area contributed by atoms with E-state index in [0.717, 1.165) is 11.3 Å². The second kappa shape index (κ2) is 5.04. The standard InChI is InChI=1S/C14H12N2O/c15-9-11-3-1-5-13(7-11)16-10-12-4-2-6-14(17)8-12/h1-8,16-17H,10H2. The molecule has 84 valence electrons. The molecule has 3 nitrogen and oxygen atoms in total. The SMILES string of the molecule is N#Cc1cccc(NCc2cccc(O)c2)c1. The van der Waals surface area contributed by atoms with Crippen molar-refractivity contribution < 1.29 is 5.11 Å². The van der Waals surface area contributed by atoms with E-state index >= 15 is 0 Å². The first-order valence-electron chi connectivity index (χ1n) is 5.30. The first-order chi connectivity index (χ1) is 8.28. The number of phenols is 1. The van der Waals surface area contributed by atoms with Crippen LogP contribution < -0.4 is 5.32 Å². The highest BCUT2D eigenvalue weighted by atomic mass is 16.3. The molecular weight excluding hydrogens is 212 g/mol. The van der Waals surface area contributed by atoms with Crippen LogP contribution in [0, 0.1) is 11.3 Å². The third kappa shape index (κ3) is 2.99. The van der Waals surface area contributed by atoms with Crippen LogP contribution in [0.5, 0.6) is 5.75 Å². The molecule has 0 saturated carbocycles. The Morgan fingerprint density at radius 3 is 2.71 bits per heavy atom. The van der Waals surface area contributed by atoms with E-state index in [4.69, 9.17) is 5.26 Å². The Labute approximate surface area is 100.0 Å². The zero-order chi connectivity index (χ0) is 12.1. The minimum atomic E-state index is 0.259. The Bertz CT molecular complexity index is 558. The Morgan fingerprint density at radius 1 is 1.12 bits per heavy atom. The van der Waals surface area contributed by atoms with Gasteiger partial charge < -0.3 is 10.4 Å². The molecule has 0 spiro atoms. The number of nitrogens with one attached hydrogen (secondary N) is 1. The molecule has 2 rings (SSSR count). The fourth-order valence-corrected chi connectivity index (χ4v) is 1.57. The largest absolute Gasteiger partial charge is 0.508 e. The molecule has 0 aliphatic carbocycles. The van der Waals surface area contributed by atoms with Crippen LogP contribution in [-0.4, -0.2) is 5.11 Å². The summed E-state index contributed by atoms with van der Waals surface area (Å²) in [7, 11) is 0. The lowest BCUT2D eigenvalue weighted by Crippen LogP contribution is -1.99. The van der Waals surface area contributed by atoms with Gasteiger partial charge in [-0.1, -0.05) is 18.2 Å². The van der Waals surface area contributed by atoms with Crippen molar-refractivity contribution in [1.29, 1.82) is 5.26 Å². The minimum Gasteiger partial charge on any atom is -0.508 e. The van der Waals surface area contributed by atoms with Crippen molar-refractivity contribution in [3.63, 3.8) is 0 Å². The summed E-state index contributed by atoms with van der Waals surface area (Å²) in [6.45, 7) is 0.614. The molecule has 0 saturated heterocycles. The van der Waals surface area contributed by atoms with Gasteiger partial charge in [0.2, 0.25) is 0 Å². The molecule has 0 aliphatic heterocycles. The van der Waals surface area contributed by atoms with Gasteiger partial charge in [0.25, 0.3) is 0 Å². The van der Waals surface area contributed by atoms with Crippen molar-refractivity contribution in [1.82, 2.24) is 0 Å². The van der Waals surface area contributed by atoms with Crippen molar-refractivity contribution >= 4 is 5.69 Å². The van der Waals surface area contributed by atoms with Gasteiger partial charge in [0.1, 0.15) is 5.75 Å². The predicted molar refractivity (Wildman–Crippen MR) is 66.6 cm³/mol. The van der Waals surface area contributed by atoms with Crippen LogP contribution in [0.3, 0.4) is 0 Å². The van der Waals surface area contributed by atoms with Crippen LogP contribution >= 0.6 is 0 Å². The highest BCUT2D eigenvalue weighted by Gasteiger charge is 1.96. The molecule has 0 bridgehead atoms. The number of hydrogen-bond acceptors (Lipinski definition) is 3. The van der Waals surface area contributed by atoms with Gasteiger partial charge in [-0.15, -0.1) is 0 Å². The first kappa shape index (κ1) is 11.0. The van der Waals surface area contributed by atoms with Crippen LogP contribution in [0.25, 0.3) is 0 Å². The van der Waals surface area contributed by atoms with Crippen molar-refractivity contribution in [2.24, 2.45) is 0 Å². The third-order valence-corrected chi connectivity index (χ3v) is 2.40. The van der Waals surface area contributed by atoms with Crippen LogP contribution in [0.2, 0.25) is 0 Å². The minimum absolute atomic E-state index is 0.259. The van der Waals surface area contributed by atoms with Gasteiger partial charge in [-0.05, 0) is 35.9 Å². The van der Waals surface area contributed by atoms with Gasteiger partial charge in [0, 0.05) is 12.2 Å². The first-order valence-corrected chi connectivity index (χ1v) is 5.30. The molecular formula is C14H12N2O. The van der Waals surface area contributed by atoms with E-state index in [2.05, 4.69) is 11.4 Å².